The fourth-order valence-electron chi connectivity index (χ4n) is 2.29. The van der Waals surface area contributed by atoms with Crippen molar-refractivity contribution in [2.24, 2.45) is 5.73 Å². The number of hydrogen-bond donors (Lipinski definition) is 1. The van der Waals surface area contributed by atoms with E-state index < -0.39 is 0 Å². The zero-order valence-electron chi connectivity index (χ0n) is 11.9. The van der Waals surface area contributed by atoms with Crippen LogP contribution in [-0.2, 0) is 0 Å². The van der Waals surface area contributed by atoms with Crippen LogP contribution in [0.15, 0.2) is 47.6 Å². The Labute approximate surface area is 128 Å². The highest BCUT2D eigenvalue weighted by Gasteiger charge is 2.27. The highest BCUT2D eigenvalue weighted by atomic mass is 32.2. The van der Waals surface area contributed by atoms with Crippen molar-refractivity contribution in [3.63, 3.8) is 0 Å². The Morgan fingerprint density at radius 1 is 1.43 bits per heavy atom. The zero-order valence-corrected chi connectivity index (χ0v) is 12.7. The van der Waals surface area contributed by atoms with E-state index >= 15 is 0 Å². The molecule has 2 heterocycles. The number of nitrogens with zero attached hydrogens (tertiary/aromatic N) is 1. The number of thioether (sulfide) groups is 1. The molecule has 3 rings (SSSR count). The summed E-state index contributed by atoms with van der Waals surface area (Å²) in [5.74, 6) is 2.48. The van der Waals surface area contributed by atoms with Gasteiger partial charge in [-0.15, -0.1) is 11.8 Å². The zero-order chi connectivity index (χ0) is 14.7. The lowest BCUT2D eigenvalue weighted by Crippen LogP contribution is -2.35. The van der Waals surface area contributed by atoms with Crippen LogP contribution in [0, 0.1) is 0 Å². The molecular weight excluding hydrogens is 284 g/mol. The molecule has 2 unspecified atom stereocenters. The van der Waals surface area contributed by atoms with Crippen LogP contribution < -0.4 is 15.2 Å². The summed E-state index contributed by atoms with van der Waals surface area (Å²) >= 11 is 1.78. The standard InChI is InChI=1S/C16H18N2O2S/c1-2-19-12-7-11(8-18-9-12)16(17)14-10-21-15-6-4-3-5-13(15)20-14/h3-9,14,16H,2,10,17H2,1H3. The van der Waals surface area contributed by atoms with Crippen molar-refractivity contribution in [3.05, 3.63) is 48.3 Å². The number of para-hydroxylation sites is 1. The van der Waals surface area contributed by atoms with E-state index in [1.807, 2.05) is 31.2 Å². The average molecular weight is 302 g/mol. The van der Waals surface area contributed by atoms with Gasteiger partial charge in [-0.05, 0) is 30.7 Å². The molecule has 1 aliphatic rings. The quantitative estimate of drug-likeness (QED) is 0.940. The lowest BCUT2D eigenvalue weighted by Gasteiger charge is -2.29. The maximum Gasteiger partial charge on any atom is 0.137 e. The number of nitrogens with two attached hydrogens (primary N) is 1. The largest absolute Gasteiger partial charge is 0.492 e. The minimum Gasteiger partial charge on any atom is -0.492 e. The van der Waals surface area contributed by atoms with Crippen LogP contribution in [0.5, 0.6) is 11.5 Å². The van der Waals surface area contributed by atoms with E-state index in [1.165, 1.54) is 4.90 Å². The molecule has 0 fully saturated rings. The number of benzene rings is 1. The van der Waals surface area contributed by atoms with Crippen molar-refractivity contribution in [3.8, 4) is 11.5 Å². The van der Waals surface area contributed by atoms with Crippen molar-refractivity contribution in [2.45, 2.75) is 24.0 Å². The Morgan fingerprint density at radius 3 is 3.14 bits per heavy atom. The molecule has 2 aromatic rings. The first kappa shape index (κ1) is 14.2. The van der Waals surface area contributed by atoms with Gasteiger partial charge in [-0.25, -0.2) is 0 Å². The van der Waals surface area contributed by atoms with Crippen LogP contribution in [-0.4, -0.2) is 23.4 Å². The molecule has 0 spiro atoms. The molecule has 5 heteroatoms. The molecule has 2 atom stereocenters. The molecule has 1 aliphatic heterocycles. The summed E-state index contributed by atoms with van der Waals surface area (Å²) in [7, 11) is 0. The third kappa shape index (κ3) is 3.14. The molecule has 21 heavy (non-hydrogen) atoms. The van der Waals surface area contributed by atoms with Crippen molar-refractivity contribution in [1.82, 2.24) is 4.98 Å². The summed E-state index contributed by atoms with van der Waals surface area (Å²) in [6.07, 6.45) is 3.41. The van der Waals surface area contributed by atoms with Crippen LogP contribution in [0.4, 0.5) is 0 Å². The van der Waals surface area contributed by atoms with Gasteiger partial charge in [0.25, 0.3) is 0 Å². The fourth-order valence-corrected chi connectivity index (χ4v) is 3.34. The van der Waals surface area contributed by atoms with Crippen LogP contribution in [0.1, 0.15) is 18.5 Å². The fraction of sp³-hybridized carbons (Fsp3) is 0.312. The minimum atomic E-state index is -0.223. The van der Waals surface area contributed by atoms with Crippen LogP contribution in [0.2, 0.25) is 0 Å². The van der Waals surface area contributed by atoms with Gasteiger partial charge in [-0.3, -0.25) is 4.98 Å². The molecule has 110 valence electrons. The number of pyridine rings is 1. The first-order chi connectivity index (χ1) is 10.3. The highest BCUT2D eigenvalue weighted by molar-refractivity contribution is 7.99. The third-order valence-corrected chi connectivity index (χ3v) is 4.50. The van der Waals surface area contributed by atoms with Gasteiger partial charge in [-0.2, -0.15) is 0 Å². The second-order valence-corrected chi connectivity index (χ2v) is 5.89. The van der Waals surface area contributed by atoms with Gasteiger partial charge in [0.15, 0.2) is 0 Å². The Kier molecular flexibility index (Phi) is 4.31. The Balaban J connectivity index is 1.77. The Morgan fingerprint density at radius 2 is 2.29 bits per heavy atom. The normalized spacial score (nSPS) is 18.5. The summed E-state index contributed by atoms with van der Waals surface area (Å²) < 4.78 is 11.5. The third-order valence-electron chi connectivity index (χ3n) is 3.36. The van der Waals surface area contributed by atoms with Crippen molar-refractivity contribution >= 4 is 11.8 Å². The molecule has 1 aromatic heterocycles. The molecule has 0 saturated carbocycles. The van der Waals surface area contributed by atoms with Gasteiger partial charge < -0.3 is 15.2 Å². The maximum absolute atomic E-state index is 6.36. The van der Waals surface area contributed by atoms with Crippen LogP contribution in [0.25, 0.3) is 0 Å². The molecule has 1 aromatic carbocycles. The summed E-state index contributed by atoms with van der Waals surface area (Å²) in [6.45, 7) is 2.56. The smallest absolute Gasteiger partial charge is 0.137 e. The molecule has 2 N–H and O–H groups in total. The topological polar surface area (TPSA) is 57.4 Å². The molecule has 0 aliphatic carbocycles. The van der Waals surface area contributed by atoms with E-state index in [-0.39, 0.29) is 12.1 Å². The molecule has 0 saturated heterocycles. The SMILES string of the molecule is CCOc1cncc(C(N)C2CSc3ccccc3O2)c1. The van der Waals surface area contributed by atoms with Gasteiger partial charge in [0.05, 0.1) is 18.8 Å². The van der Waals surface area contributed by atoms with Gasteiger partial charge in [-0.1, -0.05) is 12.1 Å². The van der Waals surface area contributed by atoms with Crippen LogP contribution in [0.3, 0.4) is 0 Å². The van der Waals surface area contributed by atoms with E-state index in [0.29, 0.717) is 6.61 Å². The first-order valence-corrected chi connectivity index (χ1v) is 7.98. The van der Waals surface area contributed by atoms with E-state index in [0.717, 1.165) is 22.8 Å². The van der Waals surface area contributed by atoms with Gasteiger partial charge in [0, 0.05) is 16.8 Å². The van der Waals surface area contributed by atoms with Crippen molar-refractivity contribution in [2.75, 3.05) is 12.4 Å². The number of hydrogen-bond acceptors (Lipinski definition) is 5. The van der Waals surface area contributed by atoms with E-state index in [9.17, 15) is 0 Å². The predicted molar refractivity (Wildman–Crippen MR) is 83.9 cm³/mol. The number of fused-ring (bicyclic) bond motifs is 1. The molecule has 0 bridgehead atoms. The second kappa shape index (κ2) is 6.37. The second-order valence-electron chi connectivity index (χ2n) is 4.83. The van der Waals surface area contributed by atoms with E-state index in [1.54, 1.807) is 24.2 Å². The average Bonchev–Trinajstić information content (AvgIpc) is 2.54. The van der Waals surface area contributed by atoms with E-state index in [2.05, 4.69) is 11.1 Å². The Bertz CT molecular complexity index is 621. The summed E-state index contributed by atoms with van der Waals surface area (Å²) in [6, 6.07) is 9.76. The van der Waals surface area contributed by atoms with Gasteiger partial charge in [0.2, 0.25) is 0 Å². The number of ether oxygens (including phenoxy) is 2. The Hall–Kier alpha value is -1.72. The summed E-state index contributed by atoms with van der Waals surface area (Å²) in [5.41, 5.74) is 7.29. The van der Waals surface area contributed by atoms with Crippen molar-refractivity contribution < 1.29 is 9.47 Å². The molecule has 0 amide bonds. The monoisotopic (exact) mass is 302 g/mol. The van der Waals surface area contributed by atoms with E-state index in [4.69, 9.17) is 15.2 Å². The lowest BCUT2D eigenvalue weighted by molar-refractivity contribution is 0.185. The molecule has 0 radical (unpaired) electrons. The maximum atomic E-state index is 6.36. The number of aromatic nitrogens is 1. The summed E-state index contributed by atoms with van der Waals surface area (Å²) in [4.78, 5) is 5.36. The molecular formula is C16H18N2O2S. The van der Waals surface area contributed by atoms with Gasteiger partial charge >= 0.3 is 0 Å². The van der Waals surface area contributed by atoms with Crippen LogP contribution >= 0.6 is 11.8 Å². The molecule has 4 nitrogen and oxygen atoms in total. The summed E-state index contributed by atoms with van der Waals surface area (Å²) in [5, 5.41) is 0. The predicted octanol–water partition coefficient (Wildman–Crippen LogP) is 3.03. The highest BCUT2D eigenvalue weighted by Crippen LogP contribution is 2.37. The first-order valence-electron chi connectivity index (χ1n) is 6.99. The van der Waals surface area contributed by atoms with Gasteiger partial charge in [0.1, 0.15) is 17.6 Å². The number of rotatable bonds is 4. The minimum absolute atomic E-state index is 0.0661. The van der Waals surface area contributed by atoms with Crippen molar-refractivity contribution in [1.29, 1.82) is 0 Å². The lowest BCUT2D eigenvalue weighted by atomic mass is 10.1.